The van der Waals surface area contributed by atoms with Crippen LogP contribution in [0.2, 0.25) is 0 Å². The zero-order chi connectivity index (χ0) is 11.1. The second-order valence-corrected chi connectivity index (χ2v) is 3.20. The van der Waals surface area contributed by atoms with Crippen molar-refractivity contribution in [3.8, 4) is 0 Å². The zero-order valence-corrected chi connectivity index (χ0v) is 8.82. The molecule has 0 unspecified atom stereocenters. The number of anilines is 2. The average molecular weight is 211 g/mol. The summed E-state index contributed by atoms with van der Waals surface area (Å²) in [4.78, 5) is 8.08. The van der Waals surface area contributed by atoms with Gasteiger partial charge in [0.05, 0.1) is 0 Å². The minimum atomic E-state index is 0.222. The van der Waals surface area contributed by atoms with Gasteiger partial charge in [0.1, 0.15) is 18.0 Å². The van der Waals surface area contributed by atoms with Crippen molar-refractivity contribution in [3.63, 3.8) is 0 Å². The molecule has 0 aliphatic rings. The number of aliphatic hydroxyl groups is 1. The predicted octanol–water partition coefficient (Wildman–Crippen LogP) is 0.255. The first kappa shape index (κ1) is 11.7. The van der Waals surface area contributed by atoms with Crippen molar-refractivity contribution in [3.05, 3.63) is 11.9 Å². The zero-order valence-electron chi connectivity index (χ0n) is 8.82. The fourth-order valence-electron chi connectivity index (χ4n) is 1.22. The second kappa shape index (κ2) is 6.15. The molecule has 0 saturated carbocycles. The van der Waals surface area contributed by atoms with Gasteiger partial charge in [-0.15, -0.1) is 0 Å². The molecule has 1 heterocycles. The van der Waals surface area contributed by atoms with E-state index in [1.54, 1.807) is 0 Å². The van der Waals surface area contributed by atoms with E-state index in [2.05, 4.69) is 20.7 Å². The van der Waals surface area contributed by atoms with E-state index in [1.807, 2.05) is 6.92 Å². The van der Waals surface area contributed by atoms with Crippen molar-refractivity contribution in [2.75, 3.05) is 23.9 Å². The molecule has 6 heteroatoms. The molecule has 0 aromatic carbocycles. The van der Waals surface area contributed by atoms with Crippen LogP contribution < -0.4 is 16.6 Å². The molecule has 1 aromatic heterocycles. The minimum Gasteiger partial charge on any atom is -0.396 e. The lowest BCUT2D eigenvalue weighted by atomic mass is 10.3. The molecule has 1 aromatic rings. The summed E-state index contributed by atoms with van der Waals surface area (Å²) >= 11 is 0. The molecule has 0 aliphatic heterocycles. The minimum absolute atomic E-state index is 0.222. The number of nitrogens with zero attached hydrogens (tertiary/aromatic N) is 2. The highest BCUT2D eigenvalue weighted by Crippen LogP contribution is 2.16. The largest absolute Gasteiger partial charge is 0.396 e. The van der Waals surface area contributed by atoms with Gasteiger partial charge in [-0.2, -0.15) is 0 Å². The van der Waals surface area contributed by atoms with E-state index >= 15 is 0 Å². The Labute approximate surface area is 88.9 Å². The first-order valence-electron chi connectivity index (χ1n) is 4.92. The standard InChI is InChI=1S/C9H17N5O/c1-7-8(11-4-2-3-5-15)12-6-13-9(7)14-10/h6,15H,2-5,10H2,1H3,(H2,11,12,13,14). The molecule has 0 amide bonds. The molecule has 6 nitrogen and oxygen atoms in total. The van der Waals surface area contributed by atoms with E-state index < -0.39 is 0 Å². The summed E-state index contributed by atoms with van der Waals surface area (Å²) in [6.45, 7) is 2.89. The van der Waals surface area contributed by atoms with Crippen LogP contribution in [0.25, 0.3) is 0 Å². The fraction of sp³-hybridized carbons (Fsp3) is 0.556. The molecule has 0 aliphatic carbocycles. The molecule has 5 N–H and O–H groups in total. The lowest BCUT2D eigenvalue weighted by molar-refractivity contribution is 0.286. The van der Waals surface area contributed by atoms with Crippen molar-refractivity contribution in [2.45, 2.75) is 19.8 Å². The lowest BCUT2D eigenvalue weighted by Gasteiger charge is -2.10. The van der Waals surface area contributed by atoms with E-state index in [0.717, 1.165) is 30.8 Å². The fourth-order valence-corrected chi connectivity index (χ4v) is 1.22. The number of rotatable bonds is 6. The Balaban J connectivity index is 2.53. The maximum Gasteiger partial charge on any atom is 0.148 e. The van der Waals surface area contributed by atoms with Gasteiger partial charge in [0.2, 0.25) is 0 Å². The summed E-state index contributed by atoms with van der Waals surface area (Å²) in [5, 5.41) is 11.8. The number of nitrogens with one attached hydrogen (secondary N) is 2. The van der Waals surface area contributed by atoms with Crippen molar-refractivity contribution >= 4 is 11.6 Å². The highest BCUT2D eigenvalue weighted by atomic mass is 16.2. The number of hydrogen-bond donors (Lipinski definition) is 4. The van der Waals surface area contributed by atoms with Gasteiger partial charge >= 0.3 is 0 Å². The molecule has 84 valence electrons. The van der Waals surface area contributed by atoms with Crippen molar-refractivity contribution in [2.24, 2.45) is 5.84 Å². The van der Waals surface area contributed by atoms with Crippen molar-refractivity contribution in [1.82, 2.24) is 9.97 Å². The van der Waals surface area contributed by atoms with E-state index in [4.69, 9.17) is 10.9 Å². The van der Waals surface area contributed by atoms with E-state index in [-0.39, 0.29) is 6.61 Å². The Morgan fingerprint density at radius 3 is 2.73 bits per heavy atom. The van der Waals surface area contributed by atoms with Gasteiger partial charge in [-0.1, -0.05) is 0 Å². The molecule has 15 heavy (non-hydrogen) atoms. The third-order valence-corrected chi connectivity index (χ3v) is 2.10. The highest BCUT2D eigenvalue weighted by molar-refractivity contribution is 5.55. The van der Waals surface area contributed by atoms with Crippen LogP contribution >= 0.6 is 0 Å². The first-order valence-corrected chi connectivity index (χ1v) is 4.92. The Kier molecular flexibility index (Phi) is 4.79. The summed E-state index contributed by atoms with van der Waals surface area (Å²) in [5.74, 6) is 6.69. The van der Waals surface area contributed by atoms with Crippen LogP contribution in [0.1, 0.15) is 18.4 Å². The molecular weight excluding hydrogens is 194 g/mol. The highest BCUT2D eigenvalue weighted by Gasteiger charge is 2.04. The van der Waals surface area contributed by atoms with E-state index in [0.29, 0.717) is 5.82 Å². The van der Waals surface area contributed by atoms with Crippen LogP contribution in [0.3, 0.4) is 0 Å². The number of hydrogen-bond acceptors (Lipinski definition) is 6. The van der Waals surface area contributed by atoms with Crippen molar-refractivity contribution < 1.29 is 5.11 Å². The van der Waals surface area contributed by atoms with Crippen LogP contribution in [-0.4, -0.2) is 28.2 Å². The maximum atomic E-state index is 8.62. The maximum absolute atomic E-state index is 8.62. The molecule has 1 rings (SSSR count). The lowest BCUT2D eigenvalue weighted by Crippen LogP contribution is -2.13. The van der Waals surface area contributed by atoms with Gasteiger partial charge in [0, 0.05) is 18.7 Å². The molecule has 0 radical (unpaired) electrons. The number of nitrogens with two attached hydrogens (primary N) is 1. The number of hydrazine groups is 1. The quantitative estimate of drug-likeness (QED) is 0.306. The molecular formula is C9H17N5O. The molecule has 0 saturated heterocycles. The number of aliphatic hydroxyl groups excluding tert-OH is 1. The molecule has 0 fully saturated rings. The Morgan fingerprint density at radius 1 is 1.33 bits per heavy atom. The second-order valence-electron chi connectivity index (χ2n) is 3.20. The monoisotopic (exact) mass is 211 g/mol. The third kappa shape index (κ3) is 3.34. The van der Waals surface area contributed by atoms with Gasteiger partial charge in [-0.25, -0.2) is 15.8 Å². The number of nitrogen functional groups attached to an aromatic ring is 1. The average Bonchev–Trinajstić information content (AvgIpc) is 2.26. The molecule has 0 bridgehead atoms. The normalized spacial score (nSPS) is 10.1. The topological polar surface area (TPSA) is 96.1 Å². The van der Waals surface area contributed by atoms with Gasteiger partial charge in [0.25, 0.3) is 0 Å². The Hall–Kier alpha value is -1.40. The summed E-state index contributed by atoms with van der Waals surface area (Å²) < 4.78 is 0. The molecule has 0 atom stereocenters. The van der Waals surface area contributed by atoms with Gasteiger partial charge in [-0.05, 0) is 19.8 Å². The van der Waals surface area contributed by atoms with Crippen LogP contribution in [0, 0.1) is 6.92 Å². The SMILES string of the molecule is Cc1c(NN)ncnc1NCCCCO. The number of aromatic nitrogens is 2. The summed E-state index contributed by atoms with van der Waals surface area (Å²) in [6.07, 6.45) is 3.15. The summed E-state index contributed by atoms with van der Waals surface area (Å²) in [5.41, 5.74) is 3.40. The van der Waals surface area contributed by atoms with Gasteiger partial charge in [0.15, 0.2) is 0 Å². The number of unbranched alkanes of at least 4 members (excludes halogenated alkanes) is 1. The molecule has 0 spiro atoms. The smallest absolute Gasteiger partial charge is 0.148 e. The van der Waals surface area contributed by atoms with Crippen LogP contribution in [-0.2, 0) is 0 Å². The summed E-state index contributed by atoms with van der Waals surface area (Å²) in [6, 6.07) is 0. The van der Waals surface area contributed by atoms with Crippen LogP contribution in [0.4, 0.5) is 11.6 Å². The third-order valence-electron chi connectivity index (χ3n) is 2.10. The summed E-state index contributed by atoms with van der Waals surface area (Å²) in [7, 11) is 0. The first-order chi connectivity index (χ1) is 7.29. The van der Waals surface area contributed by atoms with Crippen molar-refractivity contribution in [1.29, 1.82) is 0 Å². The van der Waals surface area contributed by atoms with E-state index in [1.165, 1.54) is 6.33 Å². The predicted molar refractivity (Wildman–Crippen MR) is 59.4 cm³/mol. The van der Waals surface area contributed by atoms with E-state index in [9.17, 15) is 0 Å². The van der Waals surface area contributed by atoms with Gasteiger partial charge in [-0.3, -0.25) is 0 Å². The Bertz CT molecular complexity index is 305. The Morgan fingerprint density at radius 2 is 2.07 bits per heavy atom. The van der Waals surface area contributed by atoms with Crippen LogP contribution in [0.5, 0.6) is 0 Å². The van der Waals surface area contributed by atoms with Crippen LogP contribution in [0.15, 0.2) is 6.33 Å². The van der Waals surface area contributed by atoms with Gasteiger partial charge < -0.3 is 15.8 Å².